The van der Waals surface area contributed by atoms with Crippen molar-refractivity contribution in [2.24, 2.45) is 5.92 Å². The number of hydrogen-bond donors (Lipinski definition) is 2. The predicted octanol–water partition coefficient (Wildman–Crippen LogP) is 3.06. The van der Waals surface area contributed by atoms with Gasteiger partial charge in [-0.15, -0.1) is 0 Å². The van der Waals surface area contributed by atoms with Crippen LogP contribution in [-0.2, 0) is 5.41 Å². The first-order valence-electron chi connectivity index (χ1n) is 7.13. The van der Waals surface area contributed by atoms with Gasteiger partial charge in [0.25, 0.3) is 0 Å². The van der Waals surface area contributed by atoms with Gasteiger partial charge in [-0.05, 0) is 31.2 Å². The highest BCUT2D eigenvalue weighted by Crippen LogP contribution is 2.47. The van der Waals surface area contributed by atoms with Crippen LogP contribution in [0.25, 0.3) is 0 Å². The van der Waals surface area contributed by atoms with Crippen molar-refractivity contribution >= 4 is 6.03 Å². The Morgan fingerprint density at radius 2 is 1.84 bits per heavy atom. The van der Waals surface area contributed by atoms with E-state index in [9.17, 15) is 4.79 Å². The van der Waals surface area contributed by atoms with Crippen molar-refractivity contribution in [3.8, 4) is 0 Å². The number of nitrogens with one attached hydrogen (secondary N) is 2. The second-order valence-electron chi connectivity index (χ2n) is 6.01. The number of urea groups is 1. The van der Waals surface area contributed by atoms with Crippen LogP contribution in [0.2, 0.25) is 0 Å². The van der Waals surface area contributed by atoms with Crippen LogP contribution < -0.4 is 10.6 Å². The van der Waals surface area contributed by atoms with E-state index in [1.807, 2.05) is 13.0 Å². The minimum atomic E-state index is -0.0524. The molecular formula is C16H24N2O. The van der Waals surface area contributed by atoms with E-state index < -0.39 is 0 Å². The summed E-state index contributed by atoms with van der Waals surface area (Å²) in [6.07, 6.45) is 2.33. The second kappa shape index (κ2) is 5.64. The van der Waals surface area contributed by atoms with E-state index in [1.54, 1.807) is 0 Å². The number of carbonyl (C=O) groups is 1. The molecule has 0 saturated heterocycles. The maximum absolute atomic E-state index is 11.8. The molecule has 2 amide bonds. The average Bonchev–Trinajstić information content (AvgIpc) is 3.18. The van der Waals surface area contributed by atoms with Crippen molar-refractivity contribution in [2.45, 2.75) is 45.1 Å². The molecule has 1 aliphatic carbocycles. The summed E-state index contributed by atoms with van der Waals surface area (Å²) in [5.41, 5.74) is 1.52. The van der Waals surface area contributed by atoms with Crippen LogP contribution in [0.1, 0.15) is 39.2 Å². The Kier molecular flexibility index (Phi) is 4.13. The fourth-order valence-corrected chi connectivity index (χ4v) is 2.18. The highest BCUT2D eigenvalue weighted by Gasteiger charge is 2.44. The van der Waals surface area contributed by atoms with Gasteiger partial charge in [-0.25, -0.2) is 4.79 Å². The largest absolute Gasteiger partial charge is 0.337 e. The van der Waals surface area contributed by atoms with E-state index in [0.29, 0.717) is 5.92 Å². The van der Waals surface area contributed by atoms with Gasteiger partial charge in [-0.2, -0.15) is 0 Å². The Morgan fingerprint density at radius 3 is 2.37 bits per heavy atom. The molecule has 19 heavy (non-hydrogen) atoms. The average molecular weight is 260 g/mol. The molecule has 1 aliphatic rings. The molecule has 2 rings (SSSR count). The van der Waals surface area contributed by atoms with Crippen molar-refractivity contribution in [2.75, 3.05) is 6.54 Å². The first-order valence-corrected chi connectivity index (χ1v) is 7.13. The van der Waals surface area contributed by atoms with Crippen LogP contribution >= 0.6 is 0 Å². The molecule has 0 spiro atoms. The predicted molar refractivity (Wildman–Crippen MR) is 78.2 cm³/mol. The lowest BCUT2D eigenvalue weighted by Crippen LogP contribution is -2.45. The lowest BCUT2D eigenvalue weighted by atomic mass is 9.96. The molecule has 3 heteroatoms. The summed E-state index contributed by atoms with van der Waals surface area (Å²) in [6.45, 7) is 6.98. The van der Waals surface area contributed by atoms with Crippen LogP contribution in [0.5, 0.6) is 0 Å². The molecule has 0 heterocycles. The molecule has 1 saturated carbocycles. The highest BCUT2D eigenvalue weighted by molar-refractivity contribution is 5.74. The molecule has 104 valence electrons. The van der Waals surface area contributed by atoms with E-state index in [-0.39, 0.29) is 17.5 Å². The topological polar surface area (TPSA) is 41.1 Å². The summed E-state index contributed by atoms with van der Waals surface area (Å²) in [4.78, 5) is 11.8. The van der Waals surface area contributed by atoms with Gasteiger partial charge in [-0.1, -0.05) is 44.2 Å². The fraction of sp³-hybridized carbons (Fsp3) is 0.562. The molecule has 0 aromatic heterocycles. The molecule has 1 aromatic rings. The quantitative estimate of drug-likeness (QED) is 0.839. The van der Waals surface area contributed by atoms with Crippen LogP contribution in [0.3, 0.4) is 0 Å². The Labute approximate surface area is 115 Å². The van der Waals surface area contributed by atoms with E-state index in [1.165, 1.54) is 5.56 Å². The van der Waals surface area contributed by atoms with E-state index in [2.05, 4.69) is 48.7 Å². The third-order valence-corrected chi connectivity index (χ3v) is 4.19. The molecule has 1 fully saturated rings. The standard InChI is InChI=1S/C16H24N2O/c1-12(2)13(3)18-15(19)17-11-16(9-10-16)14-7-5-4-6-8-14/h4-8,12-13H,9-11H2,1-3H3,(H2,17,18,19). The Hall–Kier alpha value is -1.51. The van der Waals surface area contributed by atoms with Crippen LogP contribution in [0, 0.1) is 5.92 Å². The summed E-state index contributed by atoms with van der Waals surface area (Å²) in [6, 6.07) is 10.6. The first kappa shape index (κ1) is 13.9. The van der Waals surface area contributed by atoms with Crippen molar-refractivity contribution in [1.82, 2.24) is 10.6 Å². The summed E-state index contributed by atoms with van der Waals surface area (Å²) in [5.74, 6) is 0.453. The van der Waals surface area contributed by atoms with Crippen molar-refractivity contribution in [3.05, 3.63) is 35.9 Å². The van der Waals surface area contributed by atoms with Gasteiger partial charge in [0.05, 0.1) is 0 Å². The Bertz CT molecular complexity index is 424. The van der Waals surface area contributed by atoms with Crippen molar-refractivity contribution in [1.29, 1.82) is 0 Å². The zero-order chi connectivity index (χ0) is 13.9. The summed E-state index contributed by atoms with van der Waals surface area (Å²) >= 11 is 0. The molecule has 3 nitrogen and oxygen atoms in total. The lowest BCUT2D eigenvalue weighted by molar-refractivity contribution is 0.233. The van der Waals surface area contributed by atoms with Gasteiger partial charge < -0.3 is 10.6 Å². The third kappa shape index (κ3) is 3.49. The first-order chi connectivity index (χ1) is 9.03. The fourth-order valence-electron chi connectivity index (χ4n) is 2.18. The minimum absolute atomic E-state index is 0.0524. The summed E-state index contributed by atoms with van der Waals surface area (Å²) in [5, 5.41) is 6.00. The molecule has 0 radical (unpaired) electrons. The SMILES string of the molecule is CC(C)C(C)NC(=O)NCC1(c2ccccc2)CC1. The van der Waals surface area contributed by atoms with Crippen LogP contribution in [0.4, 0.5) is 4.79 Å². The lowest BCUT2D eigenvalue weighted by Gasteiger charge is -2.20. The van der Waals surface area contributed by atoms with Gasteiger partial charge in [0.2, 0.25) is 0 Å². The minimum Gasteiger partial charge on any atom is -0.337 e. The van der Waals surface area contributed by atoms with Crippen LogP contribution in [0.15, 0.2) is 30.3 Å². The maximum atomic E-state index is 11.8. The van der Waals surface area contributed by atoms with Gasteiger partial charge in [0, 0.05) is 18.0 Å². The maximum Gasteiger partial charge on any atom is 0.315 e. The smallest absolute Gasteiger partial charge is 0.315 e. The van der Waals surface area contributed by atoms with E-state index in [4.69, 9.17) is 0 Å². The zero-order valence-electron chi connectivity index (χ0n) is 12.1. The summed E-state index contributed by atoms with van der Waals surface area (Å²) in [7, 11) is 0. The third-order valence-electron chi connectivity index (χ3n) is 4.19. The zero-order valence-corrected chi connectivity index (χ0v) is 12.1. The number of carbonyl (C=O) groups excluding carboxylic acids is 1. The number of benzene rings is 1. The van der Waals surface area contributed by atoms with Gasteiger partial charge in [0.1, 0.15) is 0 Å². The van der Waals surface area contributed by atoms with Gasteiger partial charge >= 0.3 is 6.03 Å². The normalized spacial score (nSPS) is 17.9. The number of rotatable bonds is 5. The molecular weight excluding hydrogens is 236 g/mol. The molecule has 0 bridgehead atoms. The van der Waals surface area contributed by atoms with Gasteiger partial charge in [-0.3, -0.25) is 0 Å². The molecule has 0 aliphatic heterocycles. The number of amides is 2. The monoisotopic (exact) mass is 260 g/mol. The molecule has 1 atom stereocenters. The van der Waals surface area contributed by atoms with E-state index >= 15 is 0 Å². The highest BCUT2D eigenvalue weighted by atomic mass is 16.2. The van der Waals surface area contributed by atoms with Gasteiger partial charge in [0.15, 0.2) is 0 Å². The molecule has 2 N–H and O–H groups in total. The van der Waals surface area contributed by atoms with Crippen LogP contribution in [-0.4, -0.2) is 18.6 Å². The molecule has 1 aromatic carbocycles. The van der Waals surface area contributed by atoms with E-state index in [0.717, 1.165) is 19.4 Å². The number of hydrogen-bond acceptors (Lipinski definition) is 1. The Balaban J connectivity index is 1.84. The molecule has 1 unspecified atom stereocenters. The van der Waals surface area contributed by atoms with Crippen molar-refractivity contribution < 1.29 is 4.79 Å². The Morgan fingerprint density at radius 1 is 1.21 bits per heavy atom. The van der Waals surface area contributed by atoms with Crippen molar-refractivity contribution in [3.63, 3.8) is 0 Å². The summed E-state index contributed by atoms with van der Waals surface area (Å²) < 4.78 is 0. The second-order valence-corrected chi connectivity index (χ2v) is 6.01.